The number of benzene rings is 2. The van der Waals surface area contributed by atoms with Gasteiger partial charge in [-0.25, -0.2) is 8.78 Å². The van der Waals surface area contributed by atoms with Crippen LogP contribution in [-0.4, -0.2) is 63.8 Å². The summed E-state index contributed by atoms with van der Waals surface area (Å²) in [6.45, 7) is 7.84. The molecule has 3 aliphatic heterocycles. The molecule has 5 atom stereocenters. The number of aromatic nitrogens is 3. The van der Waals surface area contributed by atoms with Crippen molar-refractivity contribution in [1.82, 2.24) is 15.0 Å². The number of fused-ring (bicyclic) bond motifs is 3. The lowest BCUT2D eigenvalue weighted by molar-refractivity contribution is -0.238. The molecule has 0 bridgehead atoms. The zero-order chi connectivity index (χ0) is 29.5. The molecule has 0 saturated carbocycles. The smallest absolute Gasteiger partial charge is 0.323 e. The standard InChI is InChI=1S/C29H33F2N5O6/c1-28(2)39-21-20(38-24-23(22(21)40-28)41-29(3,4)42-24)15-37-27-35-25(32-13-16-7-5-9-18(30)11-16)34-26(36-27)33-14-17-8-6-10-19(31)12-17/h5-12,20-24H,13-15H2,1-4H3,(H2,32,33,34,35,36)/t20-,21+,22+,23-,24-/m1/s1. The van der Waals surface area contributed by atoms with Crippen LogP contribution in [0, 0.1) is 11.6 Å². The normalized spacial score (nSPS) is 27.2. The third kappa shape index (κ3) is 6.60. The van der Waals surface area contributed by atoms with E-state index in [1.165, 1.54) is 24.3 Å². The highest BCUT2D eigenvalue weighted by atomic mass is 19.1. The number of nitrogens with one attached hydrogen (secondary N) is 2. The van der Waals surface area contributed by atoms with Crippen molar-refractivity contribution in [2.24, 2.45) is 0 Å². The highest BCUT2D eigenvalue weighted by Gasteiger charge is 2.60. The Balaban J connectivity index is 1.19. The number of ether oxygens (including phenoxy) is 6. The van der Waals surface area contributed by atoms with Gasteiger partial charge in [-0.05, 0) is 63.1 Å². The molecule has 0 aliphatic carbocycles. The van der Waals surface area contributed by atoms with E-state index in [0.717, 1.165) is 0 Å². The summed E-state index contributed by atoms with van der Waals surface area (Å²) in [5.41, 5.74) is 1.40. The predicted molar refractivity (Wildman–Crippen MR) is 145 cm³/mol. The fraction of sp³-hybridized carbons (Fsp3) is 0.483. The molecule has 2 N–H and O–H groups in total. The molecule has 2 aromatic carbocycles. The first kappa shape index (κ1) is 28.6. The largest absolute Gasteiger partial charge is 0.460 e. The lowest BCUT2D eigenvalue weighted by Crippen LogP contribution is -2.56. The lowest BCUT2D eigenvalue weighted by Gasteiger charge is -2.36. The first-order valence-corrected chi connectivity index (χ1v) is 13.7. The van der Waals surface area contributed by atoms with Gasteiger partial charge in [0, 0.05) is 13.1 Å². The summed E-state index contributed by atoms with van der Waals surface area (Å²) in [6.07, 6.45) is -2.63. The Labute approximate surface area is 241 Å². The summed E-state index contributed by atoms with van der Waals surface area (Å²) < 4.78 is 64.0. The van der Waals surface area contributed by atoms with Gasteiger partial charge in [0.1, 0.15) is 42.7 Å². The third-order valence-electron chi connectivity index (χ3n) is 6.92. The predicted octanol–water partition coefficient (Wildman–Crippen LogP) is 4.15. The Bertz CT molecular complexity index is 1360. The van der Waals surface area contributed by atoms with Crippen LogP contribution >= 0.6 is 0 Å². The zero-order valence-corrected chi connectivity index (χ0v) is 23.7. The van der Waals surface area contributed by atoms with E-state index in [-0.39, 0.29) is 49.2 Å². The van der Waals surface area contributed by atoms with Gasteiger partial charge >= 0.3 is 6.01 Å². The van der Waals surface area contributed by atoms with Gasteiger partial charge < -0.3 is 39.1 Å². The second kappa shape index (κ2) is 11.3. The molecule has 6 rings (SSSR count). The molecule has 3 saturated heterocycles. The second-order valence-corrected chi connectivity index (χ2v) is 11.3. The van der Waals surface area contributed by atoms with Crippen LogP contribution in [0.4, 0.5) is 20.7 Å². The number of rotatable bonds is 9. The first-order valence-electron chi connectivity index (χ1n) is 13.7. The van der Waals surface area contributed by atoms with E-state index in [9.17, 15) is 8.78 Å². The van der Waals surface area contributed by atoms with Gasteiger partial charge in [-0.2, -0.15) is 15.0 Å². The van der Waals surface area contributed by atoms with E-state index in [1.807, 2.05) is 27.7 Å². The molecule has 4 heterocycles. The Morgan fingerprint density at radius 2 is 1.29 bits per heavy atom. The summed E-state index contributed by atoms with van der Waals surface area (Å²) in [6, 6.07) is 12.4. The molecule has 13 heteroatoms. The maximum Gasteiger partial charge on any atom is 0.323 e. The maximum absolute atomic E-state index is 13.7. The summed E-state index contributed by atoms with van der Waals surface area (Å²) >= 11 is 0. The fourth-order valence-corrected chi connectivity index (χ4v) is 5.22. The Morgan fingerprint density at radius 1 is 0.738 bits per heavy atom. The SMILES string of the molecule is CC1(C)O[C@H]2[C@@H](O1)[C@@H](COc1nc(NCc3cccc(F)c3)nc(NCc3cccc(F)c3)n1)O[C@@H]1OC(C)(C)O[C@@H]12. The summed E-state index contributed by atoms with van der Waals surface area (Å²) in [7, 11) is 0. The number of halogens is 2. The highest BCUT2D eigenvalue weighted by molar-refractivity contribution is 5.37. The topological polar surface area (TPSA) is 118 Å². The Morgan fingerprint density at radius 3 is 1.88 bits per heavy atom. The van der Waals surface area contributed by atoms with Gasteiger partial charge in [-0.3, -0.25) is 0 Å². The van der Waals surface area contributed by atoms with Gasteiger partial charge in [0.25, 0.3) is 0 Å². The molecule has 0 unspecified atom stereocenters. The number of hydrogen-bond donors (Lipinski definition) is 2. The van der Waals surface area contributed by atoms with Crippen molar-refractivity contribution in [3.05, 3.63) is 71.3 Å². The van der Waals surface area contributed by atoms with Crippen LogP contribution in [0.5, 0.6) is 6.01 Å². The summed E-state index contributed by atoms with van der Waals surface area (Å²) in [5, 5.41) is 6.16. The molecule has 0 radical (unpaired) electrons. The van der Waals surface area contributed by atoms with Gasteiger partial charge in [0.05, 0.1) is 0 Å². The van der Waals surface area contributed by atoms with Crippen molar-refractivity contribution in [2.45, 2.75) is 83.1 Å². The van der Waals surface area contributed by atoms with E-state index in [0.29, 0.717) is 11.1 Å². The van der Waals surface area contributed by atoms with Crippen molar-refractivity contribution in [3.63, 3.8) is 0 Å². The van der Waals surface area contributed by atoms with Gasteiger partial charge in [-0.1, -0.05) is 24.3 Å². The molecule has 3 aliphatic rings. The van der Waals surface area contributed by atoms with Crippen molar-refractivity contribution in [2.75, 3.05) is 17.2 Å². The molecule has 224 valence electrons. The average Bonchev–Trinajstić information content (AvgIpc) is 3.43. The number of anilines is 2. The van der Waals surface area contributed by atoms with Crippen LogP contribution < -0.4 is 15.4 Å². The molecule has 11 nitrogen and oxygen atoms in total. The number of hydrogen-bond acceptors (Lipinski definition) is 11. The molecular formula is C29H33F2N5O6. The van der Waals surface area contributed by atoms with Crippen molar-refractivity contribution in [3.8, 4) is 6.01 Å². The molecule has 3 aromatic rings. The maximum atomic E-state index is 13.7. The van der Waals surface area contributed by atoms with E-state index < -0.39 is 42.3 Å². The monoisotopic (exact) mass is 585 g/mol. The lowest BCUT2D eigenvalue weighted by atomic mass is 9.99. The second-order valence-electron chi connectivity index (χ2n) is 11.3. The van der Waals surface area contributed by atoms with Crippen LogP contribution in [0.25, 0.3) is 0 Å². The molecule has 0 spiro atoms. The van der Waals surface area contributed by atoms with Gasteiger partial charge in [0.15, 0.2) is 17.9 Å². The average molecular weight is 586 g/mol. The minimum Gasteiger partial charge on any atom is -0.460 e. The fourth-order valence-electron chi connectivity index (χ4n) is 5.22. The number of nitrogens with zero attached hydrogens (tertiary/aromatic N) is 3. The third-order valence-corrected chi connectivity index (χ3v) is 6.92. The Kier molecular flexibility index (Phi) is 7.70. The molecule has 42 heavy (non-hydrogen) atoms. The minimum absolute atomic E-state index is 0.0119. The van der Waals surface area contributed by atoms with Crippen LogP contribution in [0.15, 0.2) is 48.5 Å². The molecule has 3 fully saturated rings. The summed E-state index contributed by atoms with van der Waals surface area (Å²) in [5.74, 6) is -1.99. The van der Waals surface area contributed by atoms with E-state index in [1.54, 1.807) is 24.3 Å². The Hall–Kier alpha value is -3.49. The highest BCUT2D eigenvalue weighted by Crippen LogP contribution is 2.44. The van der Waals surface area contributed by atoms with E-state index in [4.69, 9.17) is 28.4 Å². The molecule has 0 amide bonds. The van der Waals surface area contributed by atoms with Crippen molar-refractivity contribution < 1.29 is 37.2 Å². The molecular weight excluding hydrogens is 552 g/mol. The van der Waals surface area contributed by atoms with Gasteiger partial charge in [-0.15, -0.1) is 0 Å². The molecule has 1 aromatic heterocycles. The van der Waals surface area contributed by atoms with Crippen LogP contribution in [0.3, 0.4) is 0 Å². The van der Waals surface area contributed by atoms with Crippen LogP contribution in [0.1, 0.15) is 38.8 Å². The van der Waals surface area contributed by atoms with Crippen LogP contribution in [-0.2, 0) is 36.8 Å². The van der Waals surface area contributed by atoms with Crippen LogP contribution in [0.2, 0.25) is 0 Å². The van der Waals surface area contributed by atoms with Crippen molar-refractivity contribution >= 4 is 11.9 Å². The van der Waals surface area contributed by atoms with E-state index >= 15 is 0 Å². The van der Waals surface area contributed by atoms with Crippen molar-refractivity contribution in [1.29, 1.82) is 0 Å². The zero-order valence-electron chi connectivity index (χ0n) is 23.7. The summed E-state index contributed by atoms with van der Waals surface area (Å²) in [4.78, 5) is 13.2. The van der Waals surface area contributed by atoms with Gasteiger partial charge in [0.2, 0.25) is 11.9 Å². The quantitative estimate of drug-likeness (QED) is 0.377. The minimum atomic E-state index is -0.850. The first-order chi connectivity index (χ1) is 20.0. The van der Waals surface area contributed by atoms with E-state index in [2.05, 4.69) is 25.6 Å².